The van der Waals surface area contributed by atoms with Gasteiger partial charge in [0, 0.05) is 5.56 Å². The normalized spacial score (nSPS) is 12.0. The minimum Gasteiger partial charge on any atom is -0.508 e. The fourth-order valence-corrected chi connectivity index (χ4v) is 4.28. The number of benzene rings is 3. The summed E-state index contributed by atoms with van der Waals surface area (Å²) in [5.74, 6) is 0.398. The molecule has 0 amide bonds. The lowest BCUT2D eigenvalue weighted by Gasteiger charge is -2.14. The number of aromatic hydroxyl groups is 2. The van der Waals surface area contributed by atoms with Gasteiger partial charge in [-0.15, -0.1) is 0 Å². The third-order valence-corrected chi connectivity index (χ3v) is 6.23. The molecule has 0 saturated carbocycles. The van der Waals surface area contributed by atoms with Gasteiger partial charge in [0.2, 0.25) is 0 Å². The SMILES string of the molecule is CC(C)(C)[P+](=O)c1cccc(-c2ccc(O)cc2)c1-c1ccc(O)cc1. The zero-order chi connectivity index (χ0) is 18.9. The highest BCUT2D eigenvalue weighted by atomic mass is 31.1. The van der Waals surface area contributed by atoms with E-state index in [1.165, 1.54) is 0 Å². The maximum atomic E-state index is 13.2. The molecule has 3 rings (SSSR count). The third-order valence-electron chi connectivity index (χ3n) is 4.20. The molecule has 4 heteroatoms. The van der Waals surface area contributed by atoms with Gasteiger partial charge in [0.1, 0.15) is 11.5 Å². The van der Waals surface area contributed by atoms with Crippen LogP contribution >= 0.6 is 7.80 Å². The van der Waals surface area contributed by atoms with Gasteiger partial charge in [0.05, 0.1) is 0 Å². The molecule has 0 saturated heterocycles. The van der Waals surface area contributed by atoms with E-state index in [1.54, 1.807) is 24.3 Å². The molecule has 2 N–H and O–H groups in total. The third kappa shape index (κ3) is 3.63. The van der Waals surface area contributed by atoms with Crippen molar-refractivity contribution in [2.45, 2.75) is 25.9 Å². The topological polar surface area (TPSA) is 57.5 Å². The van der Waals surface area contributed by atoms with E-state index in [1.807, 2.05) is 63.2 Å². The molecule has 0 heterocycles. The Bertz CT molecular complexity index is 937. The average molecular weight is 365 g/mol. The lowest BCUT2D eigenvalue weighted by molar-refractivity contribution is 0.475. The first-order chi connectivity index (χ1) is 12.3. The lowest BCUT2D eigenvalue weighted by atomic mass is 9.94. The van der Waals surface area contributed by atoms with Gasteiger partial charge < -0.3 is 10.2 Å². The van der Waals surface area contributed by atoms with Crippen LogP contribution in [0.1, 0.15) is 20.8 Å². The largest absolute Gasteiger partial charge is 0.508 e. The monoisotopic (exact) mass is 365 g/mol. The van der Waals surface area contributed by atoms with Crippen LogP contribution < -0.4 is 5.30 Å². The summed E-state index contributed by atoms with van der Waals surface area (Å²) in [5.41, 5.74) is 3.68. The Balaban J connectivity index is 2.29. The Morgan fingerprint density at radius 2 is 1.23 bits per heavy atom. The molecule has 26 heavy (non-hydrogen) atoms. The van der Waals surface area contributed by atoms with Crippen LogP contribution in [0, 0.1) is 0 Å². The van der Waals surface area contributed by atoms with Crippen LogP contribution in [0.2, 0.25) is 0 Å². The van der Waals surface area contributed by atoms with Crippen molar-refractivity contribution >= 4 is 13.1 Å². The van der Waals surface area contributed by atoms with E-state index < -0.39 is 7.80 Å². The van der Waals surface area contributed by atoms with Crippen LogP contribution in [-0.2, 0) is 4.57 Å². The second-order valence-corrected chi connectivity index (χ2v) is 9.67. The fraction of sp³-hybridized carbons (Fsp3) is 0.182. The van der Waals surface area contributed by atoms with Crippen LogP contribution in [0.3, 0.4) is 0 Å². The molecule has 3 aromatic carbocycles. The van der Waals surface area contributed by atoms with Crippen LogP contribution in [0.4, 0.5) is 0 Å². The Labute approximate surface area is 154 Å². The maximum absolute atomic E-state index is 13.2. The molecule has 0 spiro atoms. The van der Waals surface area contributed by atoms with Crippen molar-refractivity contribution in [3.63, 3.8) is 0 Å². The molecule has 0 radical (unpaired) electrons. The van der Waals surface area contributed by atoms with Crippen molar-refractivity contribution in [2.75, 3.05) is 0 Å². The molecule has 132 valence electrons. The van der Waals surface area contributed by atoms with Crippen molar-refractivity contribution < 1.29 is 14.8 Å². The Morgan fingerprint density at radius 1 is 0.731 bits per heavy atom. The first-order valence-corrected chi connectivity index (χ1v) is 9.72. The fourth-order valence-electron chi connectivity index (χ4n) is 2.88. The van der Waals surface area contributed by atoms with Gasteiger partial charge >= 0.3 is 7.80 Å². The zero-order valence-corrected chi connectivity index (χ0v) is 16.0. The number of phenolic OH excluding ortho intramolecular Hbond substituents is 2. The summed E-state index contributed by atoms with van der Waals surface area (Å²) in [5, 5.41) is 19.7. The van der Waals surface area contributed by atoms with Crippen molar-refractivity contribution in [1.29, 1.82) is 0 Å². The van der Waals surface area contributed by atoms with Crippen molar-refractivity contribution in [2.24, 2.45) is 0 Å². The van der Waals surface area contributed by atoms with Gasteiger partial charge in [-0.25, -0.2) is 0 Å². The molecule has 0 aromatic heterocycles. The van der Waals surface area contributed by atoms with E-state index >= 15 is 0 Å². The zero-order valence-electron chi connectivity index (χ0n) is 15.1. The summed E-state index contributed by atoms with van der Waals surface area (Å²) >= 11 is 0. The molecule has 3 nitrogen and oxygen atoms in total. The molecular formula is C22H22O3P+. The molecule has 0 aliphatic carbocycles. The number of hydrogen-bond donors (Lipinski definition) is 2. The van der Waals surface area contributed by atoms with E-state index in [0.717, 1.165) is 27.6 Å². The van der Waals surface area contributed by atoms with Crippen LogP contribution in [0.25, 0.3) is 22.3 Å². The van der Waals surface area contributed by atoms with Crippen LogP contribution in [0.5, 0.6) is 11.5 Å². The quantitative estimate of drug-likeness (QED) is 0.587. The van der Waals surface area contributed by atoms with E-state index in [9.17, 15) is 14.8 Å². The highest BCUT2D eigenvalue weighted by molar-refractivity contribution is 7.55. The van der Waals surface area contributed by atoms with Crippen molar-refractivity contribution in [1.82, 2.24) is 0 Å². The number of phenols is 2. The van der Waals surface area contributed by atoms with Crippen LogP contribution in [-0.4, -0.2) is 15.4 Å². The van der Waals surface area contributed by atoms with E-state index in [2.05, 4.69) is 0 Å². The predicted octanol–water partition coefficient (Wildman–Crippen LogP) is 5.68. The average Bonchev–Trinajstić information content (AvgIpc) is 2.61. The van der Waals surface area contributed by atoms with Crippen LogP contribution in [0.15, 0.2) is 66.7 Å². The highest BCUT2D eigenvalue weighted by Gasteiger charge is 2.39. The Morgan fingerprint density at radius 3 is 1.73 bits per heavy atom. The van der Waals surface area contributed by atoms with Gasteiger partial charge in [-0.3, -0.25) is 0 Å². The Kier molecular flexibility index (Phi) is 4.84. The summed E-state index contributed by atoms with van der Waals surface area (Å²) in [4.78, 5) is 0. The first kappa shape index (κ1) is 18.2. The standard InChI is InChI=1S/C22H21O3P/c1-22(2,3)26(25)20-6-4-5-19(15-7-11-17(23)12-8-15)21(20)16-9-13-18(24)14-10-16/h4-14H,1-3H3,(H-,23,24,25)/p+1. The molecule has 0 aliphatic rings. The van der Waals surface area contributed by atoms with Gasteiger partial charge in [-0.1, -0.05) is 41.0 Å². The van der Waals surface area contributed by atoms with Crippen molar-refractivity contribution in [3.8, 4) is 33.8 Å². The minimum atomic E-state index is -1.64. The molecule has 3 aromatic rings. The van der Waals surface area contributed by atoms with Gasteiger partial charge in [0.25, 0.3) is 0 Å². The number of rotatable bonds is 3. The van der Waals surface area contributed by atoms with E-state index in [4.69, 9.17) is 0 Å². The molecule has 0 aliphatic heterocycles. The molecule has 0 bridgehead atoms. The van der Waals surface area contributed by atoms with Gasteiger partial charge in [0.15, 0.2) is 10.5 Å². The number of hydrogen-bond acceptors (Lipinski definition) is 3. The van der Waals surface area contributed by atoms with Gasteiger partial charge in [-0.05, 0) is 67.8 Å². The molecule has 1 unspecified atom stereocenters. The predicted molar refractivity (Wildman–Crippen MR) is 108 cm³/mol. The van der Waals surface area contributed by atoms with E-state index in [0.29, 0.717) is 0 Å². The summed E-state index contributed by atoms with van der Waals surface area (Å²) < 4.78 is 13.2. The summed E-state index contributed by atoms with van der Waals surface area (Å²) in [6, 6.07) is 19.8. The maximum Gasteiger partial charge on any atom is 0.382 e. The summed E-state index contributed by atoms with van der Waals surface area (Å²) in [6.07, 6.45) is 0. The first-order valence-electron chi connectivity index (χ1n) is 8.46. The lowest BCUT2D eigenvalue weighted by Crippen LogP contribution is -2.16. The second kappa shape index (κ2) is 6.93. The minimum absolute atomic E-state index is 0.192. The van der Waals surface area contributed by atoms with E-state index in [-0.39, 0.29) is 16.7 Å². The second-order valence-electron chi connectivity index (χ2n) is 7.26. The highest BCUT2D eigenvalue weighted by Crippen LogP contribution is 2.43. The van der Waals surface area contributed by atoms with Gasteiger partial charge in [-0.2, -0.15) is 0 Å². The summed E-state index contributed by atoms with van der Waals surface area (Å²) in [7, 11) is -1.64. The smallest absolute Gasteiger partial charge is 0.382 e. The van der Waals surface area contributed by atoms with Crippen molar-refractivity contribution in [3.05, 3.63) is 66.7 Å². The summed E-state index contributed by atoms with van der Waals surface area (Å²) in [6.45, 7) is 5.92. The Hall–Kier alpha value is -2.64. The molecule has 1 atom stereocenters. The molecule has 0 fully saturated rings. The molecular weight excluding hydrogens is 343 g/mol.